The first-order valence-corrected chi connectivity index (χ1v) is 11.2. The molecule has 3 rings (SSSR count). The first-order chi connectivity index (χ1) is 12.4. The van der Waals surface area contributed by atoms with Crippen LogP contribution in [-0.2, 0) is 16.4 Å². The van der Waals surface area contributed by atoms with Gasteiger partial charge in [0, 0.05) is 28.2 Å². The molecule has 3 heterocycles. The second-order valence-corrected chi connectivity index (χ2v) is 9.76. The highest BCUT2D eigenvalue weighted by atomic mass is 32.2. The molecule has 0 aromatic carbocycles. The molecule has 1 aliphatic rings. The number of aryl methyl sites for hydroxylation is 2. The summed E-state index contributed by atoms with van der Waals surface area (Å²) in [4.78, 5) is 15.6. The lowest BCUT2D eigenvalue weighted by molar-refractivity contribution is 0.372. The molecule has 1 fully saturated rings. The average molecular weight is 396 g/mol. The largest absolute Gasteiger partial charge is 0.326 e. The van der Waals surface area contributed by atoms with Crippen molar-refractivity contribution < 1.29 is 8.42 Å². The fraction of sp³-hybridized carbons (Fsp3) is 0.500. The molecular weight excluding hydrogens is 370 g/mol. The number of pyridine rings is 1. The zero-order valence-corrected chi connectivity index (χ0v) is 16.7. The summed E-state index contributed by atoms with van der Waals surface area (Å²) in [6.45, 7) is 6.13. The van der Waals surface area contributed by atoms with Crippen molar-refractivity contribution in [2.24, 2.45) is 5.92 Å². The molecule has 26 heavy (non-hydrogen) atoms. The lowest BCUT2D eigenvalue weighted by atomic mass is 9.99. The van der Waals surface area contributed by atoms with Gasteiger partial charge in [-0.25, -0.2) is 13.1 Å². The molecule has 142 valence electrons. The average Bonchev–Trinajstić information content (AvgIpc) is 3.12. The maximum atomic E-state index is 12.6. The Morgan fingerprint density at radius 3 is 2.69 bits per heavy atom. The van der Waals surface area contributed by atoms with Gasteiger partial charge >= 0.3 is 0 Å². The Bertz CT molecular complexity index is 925. The van der Waals surface area contributed by atoms with E-state index in [1.54, 1.807) is 6.07 Å². The van der Waals surface area contributed by atoms with Crippen LogP contribution < -0.4 is 15.6 Å². The van der Waals surface area contributed by atoms with Gasteiger partial charge in [-0.15, -0.1) is 11.3 Å². The van der Waals surface area contributed by atoms with E-state index in [1.165, 1.54) is 11.3 Å². The molecule has 0 bridgehead atoms. The van der Waals surface area contributed by atoms with Crippen molar-refractivity contribution in [2.45, 2.75) is 37.3 Å². The van der Waals surface area contributed by atoms with Crippen molar-refractivity contribution in [3.05, 3.63) is 39.8 Å². The van der Waals surface area contributed by atoms with Crippen molar-refractivity contribution in [1.29, 1.82) is 0 Å². The van der Waals surface area contributed by atoms with E-state index in [0.717, 1.165) is 42.1 Å². The summed E-state index contributed by atoms with van der Waals surface area (Å²) in [5.41, 5.74) is 2.25. The fourth-order valence-corrected chi connectivity index (χ4v) is 5.72. The Morgan fingerprint density at radius 2 is 2.00 bits per heavy atom. The third kappa shape index (κ3) is 4.25. The van der Waals surface area contributed by atoms with Gasteiger partial charge in [-0.05, 0) is 63.4 Å². The number of thiophene rings is 1. The minimum absolute atomic E-state index is 0.0817. The van der Waals surface area contributed by atoms with E-state index in [4.69, 9.17) is 0 Å². The number of sulfonamides is 1. The van der Waals surface area contributed by atoms with E-state index in [2.05, 4.69) is 15.0 Å². The first-order valence-electron chi connectivity index (χ1n) is 8.94. The molecular formula is C18H25N3O3S2. The van der Waals surface area contributed by atoms with Gasteiger partial charge in [-0.1, -0.05) is 6.92 Å². The lowest BCUT2D eigenvalue weighted by Crippen LogP contribution is -2.35. The van der Waals surface area contributed by atoms with Crippen LogP contribution in [0, 0.1) is 12.8 Å². The molecule has 0 aliphatic carbocycles. The monoisotopic (exact) mass is 395 g/mol. The van der Waals surface area contributed by atoms with Crippen LogP contribution in [0.25, 0.3) is 10.4 Å². The van der Waals surface area contributed by atoms with Crippen molar-refractivity contribution in [2.75, 3.05) is 19.6 Å². The molecule has 0 amide bonds. The zero-order chi connectivity index (χ0) is 18.7. The normalized spacial score (nSPS) is 16.1. The first kappa shape index (κ1) is 19.3. The summed E-state index contributed by atoms with van der Waals surface area (Å²) in [5.74, 6) is 0.388. The number of H-pyrrole nitrogens is 1. The minimum Gasteiger partial charge on any atom is -0.326 e. The standard InChI is InChI=1S/C18H25N3O3S2/c1-3-14-10-15(12(2)21-18(14)22)16-4-5-17(25-16)26(23,24)20-11-13-6-8-19-9-7-13/h4-5,10,13,19-20H,3,6-9,11H2,1-2H3,(H,21,22). The van der Waals surface area contributed by atoms with Crippen molar-refractivity contribution in [3.63, 3.8) is 0 Å². The maximum Gasteiger partial charge on any atom is 0.251 e. The van der Waals surface area contributed by atoms with Gasteiger partial charge < -0.3 is 10.3 Å². The molecule has 6 nitrogen and oxygen atoms in total. The maximum absolute atomic E-state index is 12.6. The number of aromatic nitrogens is 1. The van der Waals surface area contributed by atoms with Gasteiger partial charge in [0.15, 0.2) is 0 Å². The molecule has 2 aromatic heterocycles. The van der Waals surface area contributed by atoms with Gasteiger partial charge in [0.1, 0.15) is 4.21 Å². The number of hydrogen-bond donors (Lipinski definition) is 3. The number of rotatable bonds is 6. The van der Waals surface area contributed by atoms with E-state index >= 15 is 0 Å². The van der Waals surface area contributed by atoms with E-state index < -0.39 is 10.0 Å². The molecule has 0 atom stereocenters. The van der Waals surface area contributed by atoms with Gasteiger partial charge in [-0.3, -0.25) is 4.79 Å². The van der Waals surface area contributed by atoms with Gasteiger partial charge in [0.25, 0.3) is 5.56 Å². The third-order valence-electron chi connectivity index (χ3n) is 4.83. The van der Waals surface area contributed by atoms with Crippen LogP contribution in [0.3, 0.4) is 0 Å². The Labute approximate surface area is 158 Å². The van der Waals surface area contributed by atoms with E-state index in [9.17, 15) is 13.2 Å². The highest BCUT2D eigenvalue weighted by Gasteiger charge is 2.21. The quantitative estimate of drug-likeness (QED) is 0.700. The van der Waals surface area contributed by atoms with Crippen LogP contribution in [0.4, 0.5) is 0 Å². The summed E-state index contributed by atoms with van der Waals surface area (Å²) >= 11 is 1.23. The highest BCUT2D eigenvalue weighted by molar-refractivity contribution is 7.91. The molecule has 0 radical (unpaired) electrons. The summed E-state index contributed by atoms with van der Waals surface area (Å²) < 4.78 is 28.3. The summed E-state index contributed by atoms with van der Waals surface area (Å²) in [7, 11) is -3.51. The molecule has 3 N–H and O–H groups in total. The van der Waals surface area contributed by atoms with Gasteiger partial charge in [0.05, 0.1) is 0 Å². The number of hydrogen-bond acceptors (Lipinski definition) is 5. The molecule has 0 spiro atoms. The Balaban J connectivity index is 1.79. The van der Waals surface area contributed by atoms with Crippen LogP contribution in [0.5, 0.6) is 0 Å². The fourth-order valence-electron chi connectivity index (χ4n) is 3.18. The van der Waals surface area contributed by atoms with Crippen molar-refractivity contribution in [3.8, 4) is 10.4 Å². The predicted octanol–water partition coefficient (Wildman–Crippen LogP) is 2.25. The highest BCUT2D eigenvalue weighted by Crippen LogP contribution is 2.32. The zero-order valence-electron chi connectivity index (χ0n) is 15.1. The SMILES string of the molecule is CCc1cc(-c2ccc(S(=O)(=O)NCC3CCNCC3)s2)c(C)[nH]c1=O. The topological polar surface area (TPSA) is 91.1 Å². The van der Waals surface area contributed by atoms with Crippen LogP contribution in [0.1, 0.15) is 31.0 Å². The van der Waals surface area contributed by atoms with E-state index in [-0.39, 0.29) is 5.56 Å². The van der Waals surface area contributed by atoms with Crippen LogP contribution >= 0.6 is 11.3 Å². The molecule has 0 unspecified atom stereocenters. The molecule has 2 aromatic rings. The molecule has 0 saturated carbocycles. The second-order valence-electron chi connectivity index (χ2n) is 6.68. The van der Waals surface area contributed by atoms with E-state index in [1.807, 2.05) is 26.0 Å². The summed E-state index contributed by atoms with van der Waals surface area (Å²) in [5, 5.41) is 3.28. The third-order valence-corrected chi connectivity index (χ3v) is 7.86. The smallest absolute Gasteiger partial charge is 0.251 e. The predicted molar refractivity (Wildman–Crippen MR) is 105 cm³/mol. The van der Waals surface area contributed by atoms with E-state index in [0.29, 0.717) is 28.7 Å². The lowest BCUT2D eigenvalue weighted by Gasteiger charge is -2.22. The second kappa shape index (κ2) is 8.04. The Kier molecular flexibility index (Phi) is 5.96. The summed E-state index contributed by atoms with van der Waals surface area (Å²) in [6.07, 6.45) is 2.63. The van der Waals surface area contributed by atoms with Crippen molar-refractivity contribution >= 4 is 21.4 Å². The van der Waals surface area contributed by atoms with Crippen molar-refractivity contribution in [1.82, 2.24) is 15.0 Å². The number of nitrogens with one attached hydrogen (secondary N) is 3. The van der Waals surface area contributed by atoms with Crippen LogP contribution in [0.15, 0.2) is 27.2 Å². The molecule has 1 aliphatic heterocycles. The van der Waals surface area contributed by atoms with Crippen LogP contribution in [-0.4, -0.2) is 33.0 Å². The van der Waals surface area contributed by atoms with Gasteiger partial charge in [-0.2, -0.15) is 0 Å². The molecule has 1 saturated heterocycles. The Hall–Kier alpha value is -1.48. The minimum atomic E-state index is -3.51. The van der Waals surface area contributed by atoms with Gasteiger partial charge in [0.2, 0.25) is 10.0 Å². The summed E-state index contributed by atoms with van der Waals surface area (Å²) in [6, 6.07) is 5.31. The molecule has 8 heteroatoms. The number of piperidine rings is 1. The number of aromatic amines is 1. The van der Waals surface area contributed by atoms with Crippen LogP contribution in [0.2, 0.25) is 0 Å². The Morgan fingerprint density at radius 1 is 1.27 bits per heavy atom.